The highest BCUT2D eigenvalue weighted by molar-refractivity contribution is 9.10. The first kappa shape index (κ1) is 11.2. The van der Waals surface area contributed by atoms with Gasteiger partial charge in [0.2, 0.25) is 0 Å². The van der Waals surface area contributed by atoms with Gasteiger partial charge in [-0.1, -0.05) is 0 Å². The fourth-order valence-corrected chi connectivity index (χ4v) is 2.94. The molecule has 6 nitrogen and oxygen atoms in total. The summed E-state index contributed by atoms with van der Waals surface area (Å²) >= 11 is 3.44. The molecule has 19 heavy (non-hydrogen) atoms. The van der Waals surface area contributed by atoms with Gasteiger partial charge < -0.3 is 0 Å². The quantitative estimate of drug-likeness (QED) is 0.848. The van der Waals surface area contributed by atoms with Crippen LogP contribution in [0, 0.1) is 0 Å². The molecule has 0 bridgehead atoms. The summed E-state index contributed by atoms with van der Waals surface area (Å²) < 4.78 is 4.59. The molecule has 0 spiro atoms. The van der Waals surface area contributed by atoms with E-state index in [9.17, 15) is 4.79 Å². The van der Waals surface area contributed by atoms with Crippen molar-refractivity contribution in [1.29, 1.82) is 0 Å². The topological polar surface area (TPSA) is 56.0 Å². The Labute approximate surface area is 118 Å². The minimum Gasteiger partial charge on any atom is -0.290 e. The lowest BCUT2D eigenvalue weighted by molar-refractivity contribution is 0.0989. The lowest BCUT2D eigenvalue weighted by atomic mass is 10.3. The first-order valence-corrected chi connectivity index (χ1v) is 7.10. The van der Waals surface area contributed by atoms with Crippen molar-refractivity contribution in [2.75, 3.05) is 11.4 Å². The molecule has 1 aliphatic carbocycles. The van der Waals surface area contributed by atoms with Crippen molar-refractivity contribution >= 4 is 27.7 Å². The molecule has 1 saturated carbocycles. The molecule has 7 heteroatoms. The van der Waals surface area contributed by atoms with Crippen molar-refractivity contribution in [3.8, 4) is 0 Å². The molecule has 0 atom stereocenters. The third-order valence-electron chi connectivity index (χ3n) is 3.57. The zero-order chi connectivity index (χ0) is 13.0. The zero-order valence-corrected chi connectivity index (χ0v) is 11.7. The van der Waals surface area contributed by atoms with E-state index in [4.69, 9.17) is 0 Å². The molecule has 0 unspecified atom stereocenters. The van der Waals surface area contributed by atoms with E-state index in [0.29, 0.717) is 18.2 Å². The SMILES string of the molecule is O=C(c1cnn(C2CC2)c1)N1CCn2ncc(Br)c21. The number of aromatic nitrogens is 4. The van der Waals surface area contributed by atoms with E-state index in [1.807, 2.05) is 15.6 Å². The van der Waals surface area contributed by atoms with Crippen molar-refractivity contribution in [3.05, 3.63) is 28.6 Å². The second-order valence-corrected chi connectivity index (χ2v) is 5.79. The number of fused-ring (bicyclic) bond motifs is 1. The van der Waals surface area contributed by atoms with Gasteiger partial charge in [-0.25, -0.2) is 4.68 Å². The fourth-order valence-electron chi connectivity index (χ4n) is 2.43. The Balaban J connectivity index is 1.65. The molecular weight excluding hydrogens is 310 g/mol. The van der Waals surface area contributed by atoms with Crippen molar-refractivity contribution in [3.63, 3.8) is 0 Å². The highest BCUT2D eigenvalue weighted by Gasteiger charge is 2.31. The summed E-state index contributed by atoms with van der Waals surface area (Å²) in [4.78, 5) is 14.3. The highest BCUT2D eigenvalue weighted by Crippen LogP contribution is 2.35. The number of hydrogen-bond acceptors (Lipinski definition) is 3. The lowest BCUT2D eigenvalue weighted by Gasteiger charge is -2.14. The fraction of sp³-hybridized carbons (Fsp3) is 0.417. The summed E-state index contributed by atoms with van der Waals surface area (Å²) in [6.45, 7) is 1.40. The summed E-state index contributed by atoms with van der Waals surface area (Å²) in [5.74, 6) is 0.830. The molecule has 1 aliphatic heterocycles. The van der Waals surface area contributed by atoms with Crippen molar-refractivity contribution < 1.29 is 4.79 Å². The van der Waals surface area contributed by atoms with Crippen LogP contribution in [0.3, 0.4) is 0 Å². The molecule has 4 rings (SSSR count). The van der Waals surface area contributed by atoms with Crippen molar-refractivity contribution in [2.45, 2.75) is 25.4 Å². The standard InChI is InChI=1S/C12H12BrN5O/c13-10-6-15-17-4-3-16(11(10)17)12(19)8-5-14-18(7-8)9-1-2-9/h5-7,9H,1-4H2. The smallest absolute Gasteiger partial charge is 0.262 e. The molecular formula is C12H12BrN5O. The van der Waals surface area contributed by atoms with Crippen LogP contribution < -0.4 is 4.90 Å². The van der Waals surface area contributed by atoms with Gasteiger partial charge in [0.25, 0.3) is 5.91 Å². The molecule has 98 valence electrons. The second kappa shape index (κ2) is 3.93. The number of anilines is 1. The van der Waals surface area contributed by atoms with E-state index in [0.717, 1.165) is 29.7 Å². The van der Waals surface area contributed by atoms with Crippen LogP contribution in [0.25, 0.3) is 0 Å². The Morgan fingerprint density at radius 1 is 1.26 bits per heavy atom. The monoisotopic (exact) mass is 321 g/mol. The number of carbonyl (C=O) groups excluding carboxylic acids is 1. The van der Waals surface area contributed by atoms with Gasteiger partial charge in [0.1, 0.15) is 5.82 Å². The maximum Gasteiger partial charge on any atom is 0.262 e. The van der Waals surface area contributed by atoms with E-state index in [1.54, 1.807) is 17.3 Å². The van der Waals surface area contributed by atoms with E-state index >= 15 is 0 Å². The second-order valence-electron chi connectivity index (χ2n) is 4.94. The van der Waals surface area contributed by atoms with Gasteiger partial charge in [0, 0.05) is 12.7 Å². The Bertz CT molecular complexity index is 657. The number of amides is 1. The average molecular weight is 322 g/mol. The Kier molecular flexibility index (Phi) is 2.32. The molecule has 2 aromatic rings. The van der Waals surface area contributed by atoms with Crippen LogP contribution in [0.4, 0.5) is 5.82 Å². The van der Waals surface area contributed by atoms with Crippen molar-refractivity contribution in [2.24, 2.45) is 0 Å². The predicted molar refractivity (Wildman–Crippen MR) is 72.1 cm³/mol. The van der Waals surface area contributed by atoms with Crippen LogP contribution in [0.1, 0.15) is 29.2 Å². The summed E-state index contributed by atoms with van der Waals surface area (Å²) in [7, 11) is 0. The minimum atomic E-state index is -0.00755. The predicted octanol–water partition coefficient (Wildman–Crippen LogP) is 1.84. The normalized spacial score (nSPS) is 17.8. The van der Waals surface area contributed by atoms with Gasteiger partial charge in [0.15, 0.2) is 0 Å². The van der Waals surface area contributed by atoms with Crippen LogP contribution in [-0.2, 0) is 6.54 Å². The Morgan fingerprint density at radius 2 is 2.11 bits per heavy atom. The molecule has 0 N–H and O–H groups in total. The number of nitrogens with zero attached hydrogens (tertiary/aromatic N) is 5. The minimum absolute atomic E-state index is 0.00755. The maximum absolute atomic E-state index is 12.5. The van der Waals surface area contributed by atoms with Crippen LogP contribution in [0.5, 0.6) is 0 Å². The first-order valence-electron chi connectivity index (χ1n) is 6.31. The van der Waals surface area contributed by atoms with Gasteiger partial charge >= 0.3 is 0 Å². The number of carbonyl (C=O) groups is 1. The van der Waals surface area contributed by atoms with E-state index in [2.05, 4.69) is 26.1 Å². The maximum atomic E-state index is 12.5. The van der Waals surface area contributed by atoms with E-state index in [1.165, 1.54) is 0 Å². The van der Waals surface area contributed by atoms with Gasteiger partial charge in [-0.2, -0.15) is 10.2 Å². The van der Waals surface area contributed by atoms with Gasteiger partial charge in [-0.3, -0.25) is 14.4 Å². The van der Waals surface area contributed by atoms with Crippen LogP contribution in [-0.4, -0.2) is 32.0 Å². The molecule has 1 fully saturated rings. The van der Waals surface area contributed by atoms with E-state index in [-0.39, 0.29) is 5.91 Å². The molecule has 0 aromatic carbocycles. The van der Waals surface area contributed by atoms with Gasteiger partial charge in [-0.05, 0) is 28.8 Å². The Hall–Kier alpha value is -1.63. The van der Waals surface area contributed by atoms with Crippen molar-refractivity contribution in [1.82, 2.24) is 19.6 Å². The average Bonchev–Trinajstić information content (AvgIpc) is 2.89. The first-order chi connectivity index (χ1) is 9.24. The molecule has 0 saturated heterocycles. The van der Waals surface area contributed by atoms with E-state index < -0.39 is 0 Å². The number of hydrogen-bond donors (Lipinski definition) is 0. The largest absolute Gasteiger partial charge is 0.290 e. The van der Waals surface area contributed by atoms with Crippen LogP contribution in [0.2, 0.25) is 0 Å². The number of halogens is 1. The summed E-state index contributed by atoms with van der Waals surface area (Å²) in [5.41, 5.74) is 0.647. The Morgan fingerprint density at radius 3 is 2.89 bits per heavy atom. The summed E-state index contributed by atoms with van der Waals surface area (Å²) in [5, 5.41) is 8.49. The molecule has 2 aliphatic rings. The number of rotatable bonds is 2. The lowest BCUT2D eigenvalue weighted by Crippen LogP contribution is -2.28. The molecule has 0 radical (unpaired) electrons. The third kappa shape index (κ3) is 1.72. The summed E-state index contributed by atoms with van der Waals surface area (Å²) in [6.07, 6.45) is 7.57. The van der Waals surface area contributed by atoms with Gasteiger partial charge in [-0.15, -0.1) is 0 Å². The zero-order valence-electron chi connectivity index (χ0n) is 10.2. The van der Waals surface area contributed by atoms with Crippen LogP contribution in [0.15, 0.2) is 23.1 Å². The third-order valence-corrected chi connectivity index (χ3v) is 4.13. The highest BCUT2D eigenvalue weighted by atomic mass is 79.9. The van der Waals surface area contributed by atoms with Crippen LogP contribution >= 0.6 is 15.9 Å². The molecule has 2 aromatic heterocycles. The van der Waals surface area contributed by atoms with Gasteiger partial charge in [0.05, 0.1) is 35.0 Å². The summed E-state index contributed by atoms with van der Waals surface area (Å²) in [6, 6.07) is 0.498. The molecule has 1 amide bonds. The molecule has 3 heterocycles.